The summed E-state index contributed by atoms with van der Waals surface area (Å²) in [7, 11) is 0. The molecule has 0 aromatic carbocycles. The van der Waals surface area contributed by atoms with Gasteiger partial charge >= 0.3 is 0 Å². The van der Waals surface area contributed by atoms with E-state index in [1.54, 1.807) is 6.08 Å². The number of carbonyl (C=O) groups is 1. The van der Waals surface area contributed by atoms with Crippen molar-refractivity contribution < 1.29 is 15.0 Å². The SMILES string of the molecule is CCCCCCCCCCCCCCCCCCC/C=C/C(O)C(CO)NC(=O)CCCCC. The first-order valence-corrected chi connectivity index (χ1v) is 14.9. The Bertz CT molecular complexity index is 452. The number of aliphatic hydroxyl groups is 2. The Balaban J connectivity index is 3.48. The quantitative estimate of drug-likeness (QED) is 0.0865. The van der Waals surface area contributed by atoms with Crippen molar-refractivity contribution in [2.45, 2.75) is 167 Å². The van der Waals surface area contributed by atoms with Crippen molar-refractivity contribution in [3.63, 3.8) is 0 Å². The van der Waals surface area contributed by atoms with E-state index in [1.807, 2.05) is 6.08 Å². The molecule has 1 amide bonds. The van der Waals surface area contributed by atoms with Crippen LogP contribution in [0, 0.1) is 0 Å². The first-order valence-electron chi connectivity index (χ1n) is 14.9. The Morgan fingerprint density at radius 1 is 0.676 bits per heavy atom. The van der Waals surface area contributed by atoms with Crippen molar-refractivity contribution in [2.75, 3.05) is 6.61 Å². The number of nitrogens with one attached hydrogen (secondary N) is 1. The molecule has 202 valence electrons. The lowest BCUT2D eigenvalue weighted by Crippen LogP contribution is -2.45. The molecule has 0 aromatic heterocycles. The number of hydrogen-bond donors (Lipinski definition) is 3. The van der Waals surface area contributed by atoms with E-state index < -0.39 is 12.1 Å². The Hall–Kier alpha value is -0.870. The van der Waals surface area contributed by atoms with Crippen LogP contribution in [0.4, 0.5) is 0 Å². The van der Waals surface area contributed by atoms with Crippen LogP contribution in [0.3, 0.4) is 0 Å². The Labute approximate surface area is 212 Å². The lowest BCUT2D eigenvalue weighted by atomic mass is 10.0. The van der Waals surface area contributed by atoms with Crippen LogP contribution in [-0.2, 0) is 4.79 Å². The summed E-state index contributed by atoms with van der Waals surface area (Å²) in [6.07, 6.45) is 30.6. The van der Waals surface area contributed by atoms with Gasteiger partial charge in [-0.05, 0) is 19.3 Å². The number of allylic oxidation sites excluding steroid dienone is 1. The molecule has 3 N–H and O–H groups in total. The van der Waals surface area contributed by atoms with Crippen LogP contribution in [0.2, 0.25) is 0 Å². The molecule has 0 saturated carbocycles. The number of carbonyl (C=O) groups excluding carboxylic acids is 1. The summed E-state index contributed by atoms with van der Waals surface area (Å²) in [6.45, 7) is 4.14. The van der Waals surface area contributed by atoms with E-state index in [4.69, 9.17) is 0 Å². The van der Waals surface area contributed by atoms with Gasteiger partial charge in [-0.2, -0.15) is 0 Å². The van der Waals surface area contributed by atoms with E-state index in [0.29, 0.717) is 6.42 Å². The number of amides is 1. The normalized spacial score (nSPS) is 13.4. The average molecular weight is 482 g/mol. The van der Waals surface area contributed by atoms with Crippen LogP contribution >= 0.6 is 0 Å². The highest BCUT2D eigenvalue weighted by Crippen LogP contribution is 2.14. The van der Waals surface area contributed by atoms with Gasteiger partial charge in [0.15, 0.2) is 0 Å². The first kappa shape index (κ1) is 33.1. The molecule has 2 unspecified atom stereocenters. The highest BCUT2D eigenvalue weighted by atomic mass is 16.3. The first-order chi connectivity index (χ1) is 16.7. The third kappa shape index (κ3) is 22.9. The van der Waals surface area contributed by atoms with Crippen LogP contribution in [-0.4, -0.2) is 34.9 Å². The second-order valence-electron chi connectivity index (χ2n) is 10.2. The van der Waals surface area contributed by atoms with Gasteiger partial charge in [0.25, 0.3) is 0 Å². The zero-order valence-corrected chi connectivity index (χ0v) is 22.9. The second kappa shape index (κ2) is 26.7. The average Bonchev–Trinajstić information content (AvgIpc) is 2.84. The maximum Gasteiger partial charge on any atom is 0.220 e. The van der Waals surface area contributed by atoms with Crippen molar-refractivity contribution in [3.8, 4) is 0 Å². The molecule has 0 aromatic rings. The van der Waals surface area contributed by atoms with Gasteiger partial charge in [-0.25, -0.2) is 0 Å². The van der Waals surface area contributed by atoms with Gasteiger partial charge in [0.05, 0.1) is 18.8 Å². The van der Waals surface area contributed by atoms with Crippen LogP contribution in [0.15, 0.2) is 12.2 Å². The summed E-state index contributed by atoms with van der Waals surface area (Å²) < 4.78 is 0. The molecule has 0 aliphatic heterocycles. The number of unbranched alkanes of at least 4 members (excludes halogenated alkanes) is 19. The molecule has 0 rings (SSSR count). The van der Waals surface area contributed by atoms with Gasteiger partial charge in [0.2, 0.25) is 5.91 Å². The van der Waals surface area contributed by atoms with Gasteiger partial charge in [-0.15, -0.1) is 0 Å². The van der Waals surface area contributed by atoms with Crippen LogP contribution in [0.25, 0.3) is 0 Å². The summed E-state index contributed by atoms with van der Waals surface area (Å²) in [5, 5.41) is 22.4. The summed E-state index contributed by atoms with van der Waals surface area (Å²) in [6, 6.07) is -0.610. The Morgan fingerprint density at radius 2 is 1.09 bits per heavy atom. The van der Waals surface area contributed by atoms with Crippen molar-refractivity contribution >= 4 is 5.91 Å². The number of rotatable bonds is 26. The minimum atomic E-state index is -0.828. The van der Waals surface area contributed by atoms with E-state index in [9.17, 15) is 15.0 Å². The van der Waals surface area contributed by atoms with Crippen molar-refractivity contribution in [3.05, 3.63) is 12.2 Å². The molecule has 0 radical (unpaired) electrons. The fourth-order valence-corrected chi connectivity index (χ4v) is 4.41. The molecule has 34 heavy (non-hydrogen) atoms. The summed E-state index contributed by atoms with van der Waals surface area (Å²) in [5.74, 6) is -0.0897. The minimum absolute atomic E-state index is 0.0897. The molecule has 0 aliphatic rings. The second-order valence-corrected chi connectivity index (χ2v) is 10.2. The molecule has 0 spiro atoms. The Kier molecular flexibility index (Phi) is 26.0. The fourth-order valence-electron chi connectivity index (χ4n) is 4.41. The Morgan fingerprint density at radius 3 is 1.53 bits per heavy atom. The van der Waals surface area contributed by atoms with E-state index in [-0.39, 0.29) is 12.5 Å². The van der Waals surface area contributed by atoms with Crippen LogP contribution in [0.5, 0.6) is 0 Å². The van der Waals surface area contributed by atoms with Crippen molar-refractivity contribution in [2.24, 2.45) is 0 Å². The van der Waals surface area contributed by atoms with E-state index >= 15 is 0 Å². The van der Waals surface area contributed by atoms with Gasteiger partial charge < -0.3 is 15.5 Å². The summed E-state index contributed by atoms with van der Waals surface area (Å²) in [5.41, 5.74) is 0. The maximum absolute atomic E-state index is 11.9. The topological polar surface area (TPSA) is 69.6 Å². The zero-order valence-electron chi connectivity index (χ0n) is 22.9. The summed E-state index contributed by atoms with van der Waals surface area (Å²) in [4.78, 5) is 11.9. The van der Waals surface area contributed by atoms with Crippen LogP contribution in [0.1, 0.15) is 155 Å². The number of aliphatic hydroxyl groups excluding tert-OH is 2. The molecule has 4 heteroatoms. The maximum atomic E-state index is 11.9. The highest BCUT2D eigenvalue weighted by molar-refractivity contribution is 5.76. The monoisotopic (exact) mass is 481 g/mol. The standard InChI is InChI=1S/C30H59NO3/c1-3-5-7-8-9-10-11-12-13-14-15-16-17-18-19-20-21-22-24-25-29(33)28(27-32)31-30(34)26-23-6-4-2/h24-25,28-29,32-33H,3-23,26-27H2,1-2H3,(H,31,34)/b25-24+. The molecule has 0 saturated heterocycles. The minimum Gasteiger partial charge on any atom is -0.394 e. The fraction of sp³-hybridized carbons (Fsp3) is 0.900. The van der Waals surface area contributed by atoms with Gasteiger partial charge in [0, 0.05) is 6.42 Å². The van der Waals surface area contributed by atoms with Gasteiger partial charge in [0.1, 0.15) is 0 Å². The van der Waals surface area contributed by atoms with Crippen molar-refractivity contribution in [1.82, 2.24) is 5.32 Å². The highest BCUT2D eigenvalue weighted by Gasteiger charge is 2.17. The lowest BCUT2D eigenvalue weighted by molar-refractivity contribution is -0.123. The number of hydrogen-bond acceptors (Lipinski definition) is 3. The van der Waals surface area contributed by atoms with E-state index in [0.717, 1.165) is 32.1 Å². The van der Waals surface area contributed by atoms with Crippen molar-refractivity contribution in [1.29, 1.82) is 0 Å². The molecule has 0 aliphatic carbocycles. The third-order valence-electron chi connectivity index (χ3n) is 6.77. The summed E-state index contributed by atoms with van der Waals surface area (Å²) >= 11 is 0. The van der Waals surface area contributed by atoms with Crippen LogP contribution < -0.4 is 5.32 Å². The van der Waals surface area contributed by atoms with Gasteiger partial charge in [-0.1, -0.05) is 142 Å². The predicted octanol–water partition coefficient (Wildman–Crippen LogP) is 8.00. The largest absolute Gasteiger partial charge is 0.394 e. The lowest BCUT2D eigenvalue weighted by Gasteiger charge is -2.19. The molecular weight excluding hydrogens is 422 g/mol. The zero-order chi connectivity index (χ0) is 25.1. The third-order valence-corrected chi connectivity index (χ3v) is 6.77. The van der Waals surface area contributed by atoms with E-state index in [2.05, 4.69) is 19.2 Å². The molecule has 4 nitrogen and oxygen atoms in total. The van der Waals surface area contributed by atoms with Gasteiger partial charge in [-0.3, -0.25) is 4.79 Å². The predicted molar refractivity (Wildman–Crippen MR) is 147 cm³/mol. The molecule has 2 atom stereocenters. The molecule has 0 bridgehead atoms. The molecule has 0 fully saturated rings. The smallest absolute Gasteiger partial charge is 0.220 e. The molecule has 0 heterocycles. The van der Waals surface area contributed by atoms with E-state index in [1.165, 1.54) is 103 Å². The molecular formula is C30H59NO3.